The number of nitrogens with two attached hydrogens (primary N) is 1. The Hall–Kier alpha value is -3.48. The van der Waals surface area contributed by atoms with Crippen molar-refractivity contribution in [1.29, 1.82) is 0 Å². The zero-order chi connectivity index (χ0) is 20.1. The van der Waals surface area contributed by atoms with E-state index < -0.39 is 5.91 Å². The van der Waals surface area contributed by atoms with Gasteiger partial charge in [-0.25, -0.2) is 4.39 Å². The normalized spacial score (nSPS) is 10.6. The molecule has 6 nitrogen and oxygen atoms in total. The molecule has 7 heteroatoms. The van der Waals surface area contributed by atoms with Gasteiger partial charge >= 0.3 is 0 Å². The fraction of sp³-hybridized carbons (Fsp3) is 0.190. The molecule has 0 saturated carbocycles. The largest absolute Gasteiger partial charge is 0.378 e. The van der Waals surface area contributed by atoms with Crippen molar-refractivity contribution in [3.8, 4) is 0 Å². The summed E-state index contributed by atoms with van der Waals surface area (Å²) < 4.78 is 13.9. The molecule has 3 rings (SSSR count). The second kappa shape index (κ2) is 8.47. The molecule has 1 aromatic heterocycles. The summed E-state index contributed by atoms with van der Waals surface area (Å²) >= 11 is 0. The number of Topliss-reactive ketones (excluding diaryl/α,β-unsaturated/α-hetero) is 1. The molecule has 144 valence electrons. The summed E-state index contributed by atoms with van der Waals surface area (Å²) in [6.07, 6.45) is 1.77. The van der Waals surface area contributed by atoms with Crippen LogP contribution in [0.4, 0.5) is 10.1 Å². The number of halogens is 1. The Balaban J connectivity index is 1.62. The third-order valence-corrected chi connectivity index (χ3v) is 4.36. The Morgan fingerprint density at radius 1 is 1.14 bits per heavy atom. The molecule has 4 N–H and O–H groups in total. The lowest BCUT2D eigenvalue weighted by Gasteiger charge is -2.08. The first-order valence-corrected chi connectivity index (χ1v) is 8.84. The van der Waals surface area contributed by atoms with Crippen LogP contribution in [0.5, 0.6) is 0 Å². The van der Waals surface area contributed by atoms with Crippen molar-refractivity contribution in [2.75, 3.05) is 5.32 Å². The summed E-state index contributed by atoms with van der Waals surface area (Å²) in [5.41, 5.74) is 9.02. The van der Waals surface area contributed by atoms with E-state index in [9.17, 15) is 14.0 Å². The van der Waals surface area contributed by atoms with Crippen molar-refractivity contribution in [1.82, 2.24) is 10.2 Å². The molecule has 1 amide bonds. The van der Waals surface area contributed by atoms with Gasteiger partial charge in [0.25, 0.3) is 5.91 Å². The standard InChI is InChI=1S/C21H21FN4O2/c1-13-5-6-16(18(22)7-13)10-17(27)9-14-3-2-4-15(8-14)11-24-19-12-25-26-20(19)21(23)28/h2-8,12,24H,9-11H2,1H3,(H2,23,28)(H,25,26). The van der Waals surface area contributed by atoms with E-state index >= 15 is 0 Å². The lowest BCUT2D eigenvalue weighted by atomic mass is 10.0. The van der Waals surface area contributed by atoms with E-state index in [1.54, 1.807) is 12.1 Å². The SMILES string of the molecule is Cc1ccc(CC(=O)Cc2cccc(CNc3cn[nH]c3C(N)=O)c2)c(F)c1. The molecule has 0 aliphatic rings. The second-order valence-electron chi connectivity index (χ2n) is 6.68. The molecule has 0 radical (unpaired) electrons. The Bertz CT molecular complexity index is 1010. The van der Waals surface area contributed by atoms with E-state index in [-0.39, 0.29) is 30.1 Å². The van der Waals surface area contributed by atoms with Gasteiger partial charge in [-0.05, 0) is 35.2 Å². The van der Waals surface area contributed by atoms with Crippen LogP contribution in [0.2, 0.25) is 0 Å². The number of aromatic amines is 1. The number of amides is 1. The highest BCUT2D eigenvalue weighted by molar-refractivity contribution is 5.96. The number of ketones is 1. The highest BCUT2D eigenvalue weighted by Gasteiger charge is 2.11. The zero-order valence-corrected chi connectivity index (χ0v) is 15.5. The number of carbonyl (C=O) groups is 2. The van der Waals surface area contributed by atoms with Crippen molar-refractivity contribution in [2.45, 2.75) is 26.3 Å². The van der Waals surface area contributed by atoms with Crippen LogP contribution in [0.15, 0.2) is 48.7 Å². The molecule has 0 saturated heterocycles. The van der Waals surface area contributed by atoms with Crippen LogP contribution in [0.1, 0.15) is 32.7 Å². The molecule has 0 spiro atoms. The van der Waals surface area contributed by atoms with Crippen molar-refractivity contribution in [3.63, 3.8) is 0 Å². The Kier molecular flexibility index (Phi) is 5.84. The third-order valence-electron chi connectivity index (χ3n) is 4.36. The highest BCUT2D eigenvalue weighted by Crippen LogP contribution is 2.15. The topological polar surface area (TPSA) is 101 Å². The number of aromatic nitrogens is 2. The highest BCUT2D eigenvalue weighted by atomic mass is 19.1. The Labute approximate surface area is 162 Å². The first-order valence-electron chi connectivity index (χ1n) is 8.84. The predicted octanol–water partition coefficient (Wildman–Crippen LogP) is 2.92. The summed E-state index contributed by atoms with van der Waals surface area (Å²) in [6, 6.07) is 12.4. The van der Waals surface area contributed by atoms with E-state index in [1.165, 1.54) is 12.3 Å². The third kappa shape index (κ3) is 4.82. The Morgan fingerprint density at radius 3 is 2.68 bits per heavy atom. The quantitative estimate of drug-likeness (QED) is 0.559. The molecule has 0 fully saturated rings. The lowest BCUT2D eigenvalue weighted by molar-refractivity contribution is -0.117. The van der Waals surface area contributed by atoms with Gasteiger partial charge in [-0.3, -0.25) is 14.7 Å². The maximum Gasteiger partial charge on any atom is 0.268 e. The fourth-order valence-electron chi connectivity index (χ4n) is 2.95. The van der Waals surface area contributed by atoms with Crippen LogP contribution >= 0.6 is 0 Å². The molecule has 0 aliphatic heterocycles. The minimum Gasteiger partial charge on any atom is -0.378 e. The van der Waals surface area contributed by atoms with E-state index in [2.05, 4.69) is 15.5 Å². The summed E-state index contributed by atoms with van der Waals surface area (Å²) in [6.45, 7) is 2.25. The molecule has 3 aromatic rings. The van der Waals surface area contributed by atoms with Gasteiger partial charge in [-0.15, -0.1) is 0 Å². The van der Waals surface area contributed by atoms with Crippen molar-refractivity contribution < 1.29 is 14.0 Å². The zero-order valence-electron chi connectivity index (χ0n) is 15.5. The number of nitrogens with zero attached hydrogens (tertiary/aromatic N) is 1. The van der Waals surface area contributed by atoms with Crippen LogP contribution in [0.3, 0.4) is 0 Å². The number of benzene rings is 2. The number of aryl methyl sites for hydroxylation is 1. The minimum atomic E-state index is -0.595. The average molecular weight is 380 g/mol. The number of hydrogen-bond acceptors (Lipinski definition) is 4. The van der Waals surface area contributed by atoms with Crippen LogP contribution in [-0.2, 0) is 24.2 Å². The van der Waals surface area contributed by atoms with E-state index in [4.69, 9.17) is 5.73 Å². The van der Waals surface area contributed by atoms with Crippen molar-refractivity contribution >= 4 is 17.4 Å². The summed E-state index contributed by atoms with van der Waals surface area (Å²) in [4.78, 5) is 23.7. The molecule has 28 heavy (non-hydrogen) atoms. The van der Waals surface area contributed by atoms with Gasteiger partial charge in [0.1, 0.15) is 17.3 Å². The molecule has 0 unspecified atom stereocenters. The molecule has 0 bridgehead atoms. The van der Waals surface area contributed by atoms with Crippen LogP contribution in [-0.4, -0.2) is 21.9 Å². The maximum absolute atomic E-state index is 13.9. The minimum absolute atomic E-state index is 0.0567. The van der Waals surface area contributed by atoms with Gasteiger partial charge in [0.05, 0.1) is 11.9 Å². The van der Waals surface area contributed by atoms with Gasteiger partial charge in [-0.1, -0.05) is 36.4 Å². The summed E-state index contributed by atoms with van der Waals surface area (Å²) in [7, 11) is 0. The van der Waals surface area contributed by atoms with Crippen LogP contribution in [0.25, 0.3) is 0 Å². The van der Waals surface area contributed by atoms with Gasteiger partial charge < -0.3 is 11.1 Å². The van der Waals surface area contributed by atoms with Gasteiger partial charge in [0.15, 0.2) is 0 Å². The van der Waals surface area contributed by atoms with Crippen molar-refractivity contribution in [3.05, 3.63) is 82.4 Å². The van der Waals surface area contributed by atoms with Crippen LogP contribution < -0.4 is 11.1 Å². The smallest absolute Gasteiger partial charge is 0.268 e. The second-order valence-corrected chi connectivity index (χ2v) is 6.68. The molecule has 2 aromatic carbocycles. The molecule has 0 aliphatic carbocycles. The molecular weight excluding hydrogens is 359 g/mol. The number of rotatable bonds is 8. The molecule has 0 atom stereocenters. The number of anilines is 1. The summed E-state index contributed by atoms with van der Waals surface area (Å²) in [5, 5.41) is 9.44. The van der Waals surface area contributed by atoms with Gasteiger partial charge in [0.2, 0.25) is 0 Å². The average Bonchev–Trinajstić information content (AvgIpc) is 3.12. The van der Waals surface area contributed by atoms with E-state index in [0.29, 0.717) is 17.8 Å². The first kappa shape index (κ1) is 19.3. The van der Waals surface area contributed by atoms with Gasteiger partial charge in [-0.2, -0.15) is 5.10 Å². The number of nitrogens with one attached hydrogen (secondary N) is 2. The Morgan fingerprint density at radius 2 is 1.93 bits per heavy atom. The van der Waals surface area contributed by atoms with E-state index in [0.717, 1.165) is 16.7 Å². The van der Waals surface area contributed by atoms with Crippen molar-refractivity contribution in [2.24, 2.45) is 5.73 Å². The molecular formula is C21H21FN4O2. The number of H-pyrrole nitrogens is 1. The number of carbonyl (C=O) groups excluding carboxylic acids is 2. The first-order chi connectivity index (χ1) is 13.4. The molecule has 1 heterocycles. The van der Waals surface area contributed by atoms with E-state index in [1.807, 2.05) is 31.2 Å². The number of primary amides is 1. The lowest BCUT2D eigenvalue weighted by Crippen LogP contribution is -2.14. The predicted molar refractivity (Wildman–Crippen MR) is 104 cm³/mol. The fourth-order valence-corrected chi connectivity index (χ4v) is 2.95. The van der Waals surface area contributed by atoms with Crippen LogP contribution in [0, 0.1) is 12.7 Å². The monoisotopic (exact) mass is 380 g/mol. The van der Waals surface area contributed by atoms with Gasteiger partial charge in [0, 0.05) is 19.4 Å². The maximum atomic E-state index is 13.9. The summed E-state index contributed by atoms with van der Waals surface area (Å²) in [5.74, 6) is -1.00. The number of hydrogen-bond donors (Lipinski definition) is 3.